The van der Waals surface area contributed by atoms with Crippen LogP contribution in [0.25, 0.3) is 0 Å². The van der Waals surface area contributed by atoms with Gasteiger partial charge in [0, 0.05) is 26.2 Å². The molecule has 11 heteroatoms. The maximum atomic E-state index is 12.1. The summed E-state index contributed by atoms with van der Waals surface area (Å²) < 4.78 is 72.3. The molecule has 0 radical (unpaired) electrons. The molecule has 0 saturated heterocycles. The molecular formula is C19H35F6GeO3Zr-. The van der Waals surface area contributed by atoms with E-state index in [-0.39, 0.29) is 44.5 Å². The molecule has 0 aliphatic heterocycles. The summed E-state index contributed by atoms with van der Waals surface area (Å²) in [4.78, 5) is 0. The Morgan fingerprint density at radius 3 is 1.03 bits per heavy atom. The van der Waals surface area contributed by atoms with Gasteiger partial charge in [0.05, 0.1) is 18.3 Å². The van der Waals surface area contributed by atoms with Crippen molar-refractivity contribution in [1.82, 2.24) is 0 Å². The van der Waals surface area contributed by atoms with Gasteiger partial charge in [-0.15, -0.1) is 0 Å². The third kappa shape index (κ3) is 24.5. The van der Waals surface area contributed by atoms with Gasteiger partial charge in [-0.1, -0.05) is 20.8 Å². The normalized spacial score (nSPS) is 13.9. The van der Waals surface area contributed by atoms with Crippen molar-refractivity contribution >= 4 is 18.7 Å². The number of halogens is 6. The zero-order valence-corrected chi connectivity index (χ0v) is 23.2. The summed E-state index contributed by atoms with van der Waals surface area (Å²) in [6.45, 7) is 11.2. The maximum absolute atomic E-state index is 12.1. The second-order valence-corrected chi connectivity index (χ2v) is 12.5. The van der Waals surface area contributed by atoms with Crippen molar-refractivity contribution in [3.63, 3.8) is 0 Å². The standard InChI is InChI=1S/C7H5F6Ge.3C4H10O.Zr/c8-6(9,10)14(7(11,12)13)5-3-1-2-4-5;3*1-3-4(2)5;/h1-4,14H;3*4-5H,3H2,1-2H3;/q-1;;;;. The summed E-state index contributed by atoms with van der Waals surface area (Å²) in [5, 5.41) is 14.9. The second kappa shape index (κ2) is 19.9. The minimum atomic E-state index is -5.46. The Bertz CT molecular complexity index is 431. The molecule has 1 rings (SSSR count). The van der Waals surface area contributed by atoms with Crippen LogP contribution in [0.4, 0.5) is 26.3 Å². The molecule has 3 nitrogen and oxygen atoms in total. The quantitative estimate of drug-likeness (QED) is 0.278. The second-order valence-electron chi connectivity index (χ2n) is 6.51. The van der Waals surface area contributed by atoms with Gasteiger partial charge in [-0.25, -0.2) is 0 Å². The van der Waals surface area contributed by atoms with Crippen LogP contribution in [0.5, 0.6) is 0 Å². The predicted molar refractivity (Wildman–Crippen MR) is 107 cm³/mol. The summed E-state index contributed by atoms with van der Waals surface area (Å²) in [5.74, 6) is 0. The first kappa shape index (κ1) is 37.5. The van der Waals surface area contributed by atoms with E-state index in [4.69, 9.17) is 15.3 Å². The number of hydrogen-bond donors (Lipinski definition) is 3. The van der Waals surface area contributed by atoms with E-state index < -0.39 is 28.8 Å². The molecule has 0 aromatic heterocycles. The Labute approximate surface area is 199 Å². The number of rotatable bonds is 4. The van der Waals surface area contributed by atoms with Gasteiger partial charge in [0.15, 0.2) is 0 Å². The third-order valence-electron chi connectivity index (χ3n) is 3.45. The van der Waals surface area contributed by atoms with Crippen molar-refractivity contribution in [3.8, 4) is 0 Å². The number of aliphatic hydroxyl groups excluding tert-OH is 3. The Kier molecular flexibility index (Phi) is 24.9. The van der Waals surface area contributed by atoms with Crippen LogP contribution in [-0.4, -0.2) is 58.0 Å². The predicted octanol–water partition coefficient (Wildman–Crippen LogP) is 4.37. The molecule has 0 aliphatic rings. The fourth-order valence-corrected chi connectivity index (χ4v) is 4.78. The largest absolute Gasteiger partial charge is 0 e. The molecule has 0 bridgehead atoms. The molecule has 0 amide bonds. The summed E-state index contributed by atoms with van der Waals surface area (Å²) in [6, 6.07) is 4.16. The van der Waals surface area contributed by atoms with Gasteiger partial charge in [0.1, 0.15) is 0 Å². The molecule has 1 aromatic rings. The first-order valence-corrected chi connectivity index (χ1v) is 13.1. The average molecular weight is 589 g/mol. The van der Waals surface area contributed by atoms with Crippen LogP contribution in [-0.2, 0) is 26.2 Å². The van der Waals surface area contributed by atoms with Gasteiger partial charge in [-0.05, 0) is 40.0 Å². The molecule has 0 spiro atoms. The minimum Gasteiger partial charge on any atom is 0 e. The van der Waals surface area contributed by atoms with Crippen LogP contribution in [0, 0.1) is 0 Å². The molecule has 3 unspecified atom stereocenters. The van der Waals surface area contributed by atoms with Gasteiger partial charge in [-0.3, -0.25) is 0 Å². The van der Waals surface area contributed by atoms with Gasteiger partial charge >= 0.3 is 79.4 Å². The van der Waals surface area contributed by atoms with E-state index in [1.54, 1.807) is 20.8 Å². The van der Waals surface area contributed by atoms with Crippen molar-refractivity contribution in [2.75, 3.05) is 0 Å². The molecule has 30 heavy (non-hydrogen) atoms. The van der Waals surface area contributed by atoms with Gasteiger partial charge in [0.2, 0.25) is 0 Å². The zero-order valence-electron chi connectivity index (χ0n) is 18.3. The van der Waals surface area contributed by atoms with Crippen molar-refractivity contribution in [2.45, 2.75) is 89.1 Å². The van der Waals surface area contributed by atoms with Crippen molar-refractivity contribution in [2.24, 2.45) is 0 Å². The zero-order chi connectivity index (χ0) is 23.8. The molecular weight excluding hydrogens is 554 g/mol. The van der Waals surface area contributed by atoms with Gasteiger partial charge in [-0.2, -0.15) is 0 Å². The molecule has 3 atom stereocenters. The summed E-state index contributed by atoms with van der Waals surface area (Å²) in [5.41, 5.74) is 0. The van der Waals surface area contributed by atoms with E-state index in [1.807, 2.05) is 20.8 Å². The molecule has 0 fully saturated rings. The van der Waals surface area contributed by atoms with Crippen LogP contribution in [0.3, 0.4) is 0 Å². The Morgan fingerprint density at radius 2 is 0.900 bits per heavy atom. The summed E-state index contributed by atoms with van der Waals surface area (Å²) in [6.07, 6.45) is 2.24. The Balaban J connectivity index is -0.000000176. The first-order valence-electron chi connectivity index (χ1n) is 9.43. The molecule has 1 aromatic carbocycles. The van der Waals surface area contributed by atoms with Gasteiger partial charge in [0.25, 0.3) is 0 Å². The van der Waals surface area contributed by atoms with E-state index in [0.717, 1.165) is 31.4 Å². The topological polar surface area (TPSA) is 60.7 Å². The van der Waals surface area contributed by atoms with E-state index in [9.17, 15) is 26.3 Å². The minimum absolute atomic E-state index is 0. The SMILES string of the molecule is CCC(C)O.CCC(C)O.CCC(C)O.F[C](F)(F)[GeH]([c-]1cccc1)[C](F)(F)F.[Zr]. The van der Waals surface area contributed by atoms with Crippen LogP contribution >= 0.6 is 0 Å². The molecule has 0 heterocycles. The van der Waals surface area contributed by atoms with E-state index in [2.05, 4.69) is 0 Å². The fourth-order valence-electron chi connectivity index (χ4n) is 1.14. The van der Waals surface area contributed by atoms with Crippen LogP contribution in [0.2, 0.25) is 0 Å². The van der Waals surface area contributed by atoms with Gasteiger partial charge < -0.3 is 15.3 Å². The van der Waals surface area contributed by atoms with Crippen molar-refractivity contribution in [1.29, 1.82) is 0 Å². The molecule has 3 N–H and O–H groups in total. The Hall–Kier alpha value is 0.236. The fraction of sp³-hybridized carbons (Fsp3) is 0.737. The maximum Gasteiger partial charge on any atom is 0 e. The van der Waals surface area contributed by atoms with Crippen molar-refractivity contribution < 1.29 is 67.9 Å². The first-order chi connectivity index (χ1) is 13.0. The summed E-state index contributed by atoms with van der Waals surface area (Å²) in [7, 11) is 0. The smallest absolute Gasteiger partial charge is 0 e. The number of hydrogen-bond acceptors (Lipinski definition) is 3. The number of alkyl halides is 6. The number of aliphatic hydroxyl groups is 3. The van der Waals surface area contributed by atoms with E-state index >= 15 is 0 Å². The average Bonchev–Trinajstić information content (AvgIpc) is 3.07. The van der Waals surface area contributed by atoms with Crippen molar-refractivity contribution in [3.05, 3.63) is 24.3 Å². The van der Waals surface area contributed by atoms with E-state index in [1.165, 1.54) is 12.1 Å². The Morgan fingerprint density at radius 1 is 0.700 bits per heavy atom. The third-order valence-corrected chi connectivity index (χ3v) is 8.40. The molecule has 0 saturated carbocycles. The monoisotopic (exact) mass is 589 g/mol. The van der Waals surface area contributed by atoms with E-state index in [0.29, 0.717) is 0 Å². The molecule has 180 valence electrons. The van der Waals surface area contributed by atoms with Crippen LogP contribution in [0.15, 0.2) is 24.3 Å². The summed E-state index contributed by atoms with van der Waals surface area (Å²) >= 11 is -5.46. The van der Waals surface area contributed by atoms with Crippen LogP contribution in [0.1, 0.15) is 60.8 Å². The molecule has 0 aliphatic carbocycles. The van der Waals surface area contributed by atoms with Crippen LogP contribution < -0.4 is 4.40 Å².